The molecule has 0 fully saturated rings. The van der Waals surface area contributed by atoms with Gasteiger partial charge in [0.05, 0.1) is 15.8 Å². The van der Waals surface area contributed by atoms with Crippen molar-refractivity contribution in [2.45, 2.75) is 71.5 Å². The van der Waals surface area contributed by atoms with Gasteiger partial charge in [0.25, 0.3) is 0 Å². The highest BCUT2D eigenvalue weighted by Crippen LogP contribution is 2.30. The zero-order valence-electron chi connectivity index (χ0n) is 21.5. The van der Waals surface area contributed by atoms with Crippen molar-refractivity contribution in [2.75, 3.05) is 0 Å². The molecular formula is C32H36O3S2. The summed E-state index contributed by atoms with van der Waals surface area (Å²) in [5.74, 6) is 0. The first-order valence-corrected chi connectivity index (χ1v) is 15.6. The Morgan fingerprint density at radius 3 is 1.38 bits per heavy atom. The maximum atomic E-state index is 10.7. The summed E-state index contributed by atoms with van der Waals surface area (Å²) in [5.41, 5.74) is 1.10. The van der Waals surface area contributed by atoms with Crippen LogP contribution in [0.15, 0.2) is 135 Å². The molecule has 5 heteroatoms. The van der Waals surface area contributed by atoms with Gasteiger partial charge >= 0.3 is 0 Å². The molecule has 0 saturated carbocycles. The second-order valence-corrected chi connectivity index (χ2v) is 12.3. The molecular weight excluding hydrogens is 496 g/mol. The lowest BCUT2D eigenvalue weighted by molar-refractivity contribution is 0.463. The number of unbranched alkanes of at least 4 members (excludes halogenated alkanes) is 5. The summed E-state index contributed by atoms with van der Waals surface area (Å²) >= 11 is 0. The summed E-state index contributed by atoms with van der Waals surface area (Å²) in [5, 5.41) is 0. The quantitative estimate of drug-likeness (QED) is 0.111. The van der Waals surface area contributed by atoms with Crippen molar-refractivity contribution in [3.05, 3.63) is 121 Å². The van der Waals surface area contributed by atoms with E-state index in [0.29, 0.717) is 0 Å². The summed E-state index contributed by atoms with van der Waals surface area (Å²) in [4.78, 5) is 3.94. The molecule has 0 N–H and O–H groups in total. The predicted octanol–water partition coefficient (Wildman–Crippen LogP) is 8.28. The topological polar surface area (TPSA) is 57.2 Å². The highest BCUT2D eigenvalue weighted by atomic mass is 32.2. The van der Waals surface area contributed by atoms with E-state index in [4.69, 9.17) is 0 Å². The van der Waals surface area contributed by atoms with E-state index < -0.39 is 10.1 Å². The van der Waals surface area contributed by atoms with E-state index >= 15 is 0 Å². The van der Waals surface area contributed by atoms with Crippen LogP contribution in [0.4, 0.5) is 0 Å². The lowest BCUT2D eigenvalue weighted by atomic mass is 10.1. The molecule has 4 aromatic rings. The molecule has 0 radical (unpaired) electrons. The fourth-order valence-corrected chi connectivity index (χ4v) is 6.58. The molecule has 0 bridgehead atoms. The van der Waals surface area contributed by atoms with E-state index in [2.05, 4.69) is 97.9 Å². The minimum atomic E-state index is -4.31. The van der Waals surface area contributed by atoms with Crippen LogP contribution in [0.5, 0.6) is 0 Å². The van der Waals surface area contributed by atoms with Crippen molar-refractivity contribution >= 4 is 21.0 Å². The van der Waals surface area contributed by atoms with Crippen molar-refractivity contribution in [1.82, 2.24) is 0 Å². The third-order valence-corrected chi connectivity index (χ3v) is 9.05. The second kappa shape index (κ2) is 15.4. The van der Waals surface area contributed by atoms with Gasteiger partial charge < -0.3 is 4.55 Å². The summed E-state index contributed by atoms with van der Waals surface area (Å²) < 4.78 is 32.2. The van der Waals surface area contributed by atoms with Gasteiger partial charge in [0, 0.05) is 0 Å². The Balaban J connectivity index is 0.000000206. The van der Waals surface area contributed by atoms with Crippen LogP contribution in [0, 0.1) is 0 Å². The largest absolute Gasteiger partial charge is 0.744 e. The van der Waals surface area contributed by atoms with Crippen molar-refractivity contribution in [3.63, 3.8) is 0 Å². The van der Waals surface area contributed by atoms with Gasteiger partial charge in [-0.3, -0.25) is 0 Å². The highest BCUT2D eigenvalue weighted by molar-refractivity contribution is 7.97. The molecule has 0 amide bonds. The summed E-state index contributed by atoms with van der Waals surface area (Å²) in [6.45, 7) is 2.20. The summed E-state index contributed by atoms with van der Waals surface area (Å²) in [7, 11) is -4.32. The predicted molar refractivity (Wildman–Crippen MR) is 153 cm³/mol. The number of aryl methyl sites for hydroxylation is 1. The molecule has 0 aliphatic heterocycles. The van der Waals surface area contributed by atoms with Gasteiger partial charge in [0.15, 0.2) is 14.7 Å². The van der Waals surface area contributed by atoms with Crippen LogP contribution >= 0.6 is 0 Å². The lowest BCUT2D eigenvalue weighted by Crippen LogP contribution is -2.04. The average molecular weight is 533 g/mol. The third-order valence-electron chi connectivity index (χ3n) is 5.97. The van der Waals surface area contributed by atoms with Crippen molar-refractivity contribution in [3.8, 4) is 0 Å². The normalized spacial score (nSPS) is 11.1. The smallest absolute Gasteiger partial charge is 0.166 e. The lowest BCUT2D eigenvalue weighted by Gasteiger charge is -2.07. The van der Waals surface area contributed by atoms with Crippen LogP contribution in [0.25, 0.3) is 0 Å². The Kier molecular flexibility index (Phi) is 12.0. The Morgan fingerprint density at radius 1 is 0.568 bits per heavy atom. The minimum absolute atomic E-state index is 0.0146. The first kappa shape index (κ1) is 28.7. The van der Waals surface area contributed by atoms with Crippen LogP contribution in [-0.2, 0) is 27.4 Å². The molecule has 0 saturated heterocycles. The molecule has 0 spiro atoms. The Bertz CT molecular complexity index is 1160. The molecule has 194 valence electrons. The molecule has 4 aromatic carbocycles. The zero-order valence-corrected chi connectivity index (χ0v) is 23.1. The second-order valence-electron chi connectivity index (χ2n) is 8.86. The van der Waals surface area contributed by atoms with Crippen LogP contribution in [0.1, 0.15) is 51.0 Å². The van der Waals surface area contributed by atoms with Crippen LogP contribution in [0.2, 0.25) is 0 Å². The maximum absolute atomic E-state index is 10.7. The fourth-order valence-electron chi connectivity index (χ4n) is 4.01. The molecule has 0 aliphatic rings. The molecule has 0 atom stereocenters. The third kappa shape index (κ3) is 9.84. The van der Waals surface area contributed by atoms with E-state index in [1.54, 1.807) is 12.1 Å². The van der Waals surface area contributed by atoms with E-state index in [1.807, 2.05) is 0 Å². The number of hydrogen-bond acceptors (Lipinski definition) is 3. The minimum Gasteiger partial charge on any atom is -0.744 e. The Morgan fingerprint density at radius 2 is 0.973 bits per heavy atom. The van der Waals surface area contributed by atoms with E-state index in [1.165, 1.54) is 58.9 Å². The molecule has 0 aliphatic carbocycles. The highest BCUT2D eigenvalue weighted by Gasteiger charge is 2.27. The fraction of sp³-hybridized carbons (Fsp3) is 0.250. The number of hydrogen-bond donors (Lipinski definition) is 0. The SMILES string of the molecule is CCCCCCCCc1ccc(S(=O)(=O)[O-])cc1.c1ccc([S+](c2ccccc2)c2ccccc2)cc1. The van der Waals surface area contributed by atoms with E-state index in [9.17, 15) is 13.0 Å². The Hall–Kier alpha value is -2.86. The molecule has 4 rings (SSSR count). The maximum Gasteiger partial charge on any atom is 0.166 e. The van der Waals surface area contributed by atoms with Gasteiger partial charge in [-0.25, -0.2) is 8.42 Å². The standard InChI is InChI=1S/C18H15S.C14H22O3S/c1-4-10-16(11-5-1)19(17-12-6-2-7-13-17)18-14-8-3-9-15-18;1-2-3-4-5-6-7-8-13-9-11-14(12-10-13)18(15,16)17/h1-15H;9-12H,2-8H2,1H3,(H,15,16,17)/q+1;/p-1. The Labute approximate surface area is 225 Å². The average Bonchev–Trinajstić information content (AvgIpc) is 2.93. The van der Waals surface area contributed by atoms with Crippen molar-refractivity contribution < 1.29 is 13.0 Å². The van der Waals surface area contributed by atoms with Crippen LogP contribution in [-0.4, -0.2) is 13.0 Å². The molecule has 0 heterocycles. The number of rotatable bonds is 11. The van der Waals surface area contributed by atoms with E-state index in [0.717, 1.165) is 18.4 Å². The van der Waals surface area contributed by atoms with Crippen LogP contribution in [0.3, 0.4) is 0 Å². The molecule has 3 nitrogen and oxygen atoms in total. The van der Waals surface area contributed by atoms with Crippen molar-refractivity contribution in [2.24, 2.45) is 0 Å². The van der Waals surface area contributed by atoms with Gasteiger partial charge in [-0.1, -0.05) is 106 Å². The summed E-state index contributed by atoms with van der Waals surface area (Å²) in [6.07, 6.45) is 8.39. The monoisotopic (exact) mass is 532 g/mol. The van der Waals surface area contributed by atoms with E-state index in [-0.39, 0.29) is 15.8 Å². The van der Waals surface area contributed by atoms with Crippen molar-refractivity contribution in [1.29, 1.82) is 0 Å². The zero-order chi connectivity index (χ0) is 26.3. The first-order valence-electron chi connectivity index (χ1n) is 12.9. The van der Waals surface area contributed by atoms with Gasteiger partial charge in [0.1, 0.15) is 10.1 Å². The van der Waals surface area contributed by atoms with Gasteiger partial charge in [-0.15, -0.1) is 0 Å². The number of benzene rings is 4. The molecule has 0 aromatic heterocycles. The van der Waals surface area contributed by atoms with Crippen LogP contribution < -0.4 is 0 Å². The van der Waals surface area contributed by atoms with Gasteiger partial charge in [-0.05, 0) is 66.9 Å². The molecule has 37 heavy (non-hydrogen) atoms. The molecule has 0 unspecified atom stereocenters. The van der Waals surface area contributed by atoms with Gasteiger partial charge in [-0.2, -0.15) is 0 Å². The van der Waals surface area contributed by atoms with Gasteiger partial charge in [0.2, 0.25) is 0 Å². The summed E-state index contributed by atoms with van der Waals surface area (Å²) in [6, 6.07) is 38.4. The first-order chi connectivity index (χ1) is 18.0.